The van der Waals surface area contributed by atoms with Gasteiger partial charge in [-0.3, -0.25) is 4.79 Å². The minimum absolute atomic E-state index is 0.107. The van der Waals surface area contributed by atoms with Gasteiger partial charge in [-0.2, -0.15) is 5.10 Å². The summed E-state index contributed by atoms with van der Waals surface area (Å²) in [4.78, 5) is 21.6. The number of hydrogen-bond donors (Lipinski definition) is 1. The second kappa shape index (κ2) is 8.32. The predicted molar refractivity (Wildman–Crippen MR) is 116 cm³/mol. The van der Waals surface area contributed by atoms with Gasteiger partial charge in [-0.05, 0) is 42.7 Å². The normalized spacial score (nSPS) is 11.1. The summed E-state index contributed by atoms with van der Waals surface area (Å²) in [5, 5.41) is 7.40. The molecule has 0 unspecified atom stereocenters. The fraction of sp³-hybridized carbons (Fsp3) is 0.217. The molecule has 3 heterocycles. The van der Waals surface area contributed by atoms with E-state index in [1.807, 2.05) is 69.4 Å². The Hall–Kier alpha value is -3.74. The van der Waals surface area contributed by atoms with E-state index >= 15 is 0 Å². The summed E-state index contributed by atoms with van der Waals surface area (Å²) in [6.45, 7) is 6.81. The molecule has 152 valence electrons. The molecule has 0 aliphatic heterocycles. The topological polar surface area (TPSA) is 77.6 Å². The van der Waals surface area contributed by atoms with Crippen LogP contribution in [0.1, 0.15) is 47.2 Å². The van der Waals surface area contributed by atoms with E-state index in [0.717, 1.165) is 29.3 Å². The van der Waals surface area contributed by atoms with Crippen LogP contribution in [0.2, 0.25) is 0 Å². The second-order valence-corrected chi connectivity index (χ2v) is 7.45. The molecule has 0 saturated heterocycles. The summed E-state index contributed by atoms with van der Waals surface area (Å²) in [6, 6.07) is 13.5. The van der Waals surface area contributed by atoms with E-state index in [4.69, 9.17) is 0 Å². The number of anilines is 1. The van der Waals surface area contributed by atoms with Crippen LogP contribution in [0, 0.1) is 6.92 Å². The number of imidazole rings is 1. The fourth-order valence-electron chi connectivity index (χ4n) is 3.41. The third kappa shape index (κ3) is 4.00. The molecule has 4 aromatic rings. The van der Waals surface area contributed by atoms with Gasteiger partial charge in [-0.15, -0.1) is 0 Å². The molecule has 0 aliphatic rings. The number of benzene rings is 1. The van der Waals surface area contributed by atoms with Gasteiger partial charge in [-0.1, -0.05) is 32.0 Å². The monoisotopic (exact) mass is 400 g/mol. The van der Waals surface area contributed by atoms with Crippen molar-refractivity contribution >= 4 is 11.6 Å². The van der Waals surface area contributed by atoms with Gasteiger partial charge >= 0.3 is 0 Å². The standard InChI is InChI=1S/C23H24N6O/c1-16(2)22-20(14-26-29(22)21-6-4-5-11-25-21)23(30)27-19-9-7-18(8-10-19)15-28-13-12-24-17(28)3/h4-14,16H,15H2,1-3H3,(H,27,30). The Labute approximate surface area is 175 Å². The van der Waals surface area contributed by atoms with E-state index in [0.29, 0.717) is 11.4 Å². The van der Waals surface area contributed by atoms with E-state index in [9.17, 15) is 4.79 Å². The van der Waals surface area contributed by atoms with Crippen LogP contribution in [0.25, 0.3) is 5.82 Å². The van der Waals surface area contributed by atoms with Crippen LogP contribution < -0.4 is 5.32 Å². The van der Waals surface area contributed by atoms with E-state index < -0.39 is 0 Å². The number of aryl methyl sites for hydroxylation is 1. The maximum Gasteiger partial charge on any atom is 0.259 e. The molecule has 0 fully saturated rings. The SMILES string of the molecule is Cc1nccn1Cc1ccc(NC(=O)c2cnn(-c3ccccn3)c2C(C)C)cc1. The molecular formula is C23H24N6O. The maximum absolute atomic E-state index is 13.0. The summed E-state index contributed by atoms with van der Waals surface area (Å²) >= 11 is 0. The summed E-state index contributed by atoms with van der Waals surface area (Å²) in [5.74, 6) is 1.59. The van der Waals surface area contributed by atoms with Crippen LogP contribution in [0.3, 0.4) is 0 Å². The highest BCUT2D eigenvalue weighted by molar-refractivity contribution is 6.05. The molecule has 7 nitrogen and oxygen atoms in total. The first-order chi connectivity index (χ1) is 14.5. The van der Waals surface area contributed by atoms with E-state index in [-0.39, 0.29) is 11.8 Å². The van der Waals surface area contributed by atoms with Crippen LogP contribution in [0.15, 0.2) is 67.3 Å². The fourth-order valence-corrected chi connectivity index (χ4v) is 3.41. The zero-order valence-electron chi connectivity index (χ0n) is 17.3. The zero-order valence-corrected chi connectivity index (χ0v) is 17.3. The van der Waals surface area contributed by atoms with Crippen LogP contribution in [0.5, 0.6) is 0 Å². The van der Waals surface area contributed by atoms with Crippen LogP contribution >= 0.6 is 0 Å². The van der Waals surface area contributed by atoms with Gasteiger partial charge in [0.05, 0.1) is 17.5 Å². The number of nitrogens with zero attached hydrogens (tertiary/aromatic N) is 5. The van der Waals surface area contributed by atoms with Crippen LogP contribution in [-0.2, 0) is 6.54 Å². The Kier molecular flexibility index (Phi) is 5.43. The lowest BCUT2D eigenvalue weighted by Crippen LogP contribution is -2.15. The third-order valence-corrected chi connectivity index (χ3v) is 4.95. The Morgan fingerprint density at radius 3 is 2.50 bits per heavy atom. The quantitative estimate of drug-likeness (QED) is 0.526. The Morgan fingerprint density at radius 1 is 1.07 bits per heavy atom. The summed E-state index contributed by atoms with van der Waals surface area (Å²) < 4.78 is 3.81. The number of nitrogens with one attached hydrogen (secondary N) is 1. The molecule has 1 aromatic carbocycles. The summed E-state index contributed by atoms with van der Waals surface area (Å²) in [5.41, 5.74) is 3.26. The highest BCUT2D eigenvalue weighted by atomic mass is 16.1. The van der Waals surface area contributed by atoms with Gasteiger partial charge in [0.2, 0.25) is 0 Å². The lowest BCUT2D eigenvalue weighted by Gasteiger charge is -2.12. The molecule has 7 heteroatoms. The number of aromatic nitrogens is 5. The molecule has 30 heavy (non-hydrogen) atoms. The molecule has 3 aromatic heterocycles. The number of amides is 1. The average molecular weight is 400 g/mol. The number of rotatable bonds is 6. The summed E-state index contributed by atoms with van der Waals surface area (Å²) in [6.07, 6.45) is 7.07. The first-order valence-electron chi connectivity index (χ1n) is 9.90. The number of carbonyl (C=O) groups excluding carboxylic acids is 1. The van der Waals surface area contributed by atoms with Crippen LogP contribution in [0.4, 0.5) is 5.69 Å². The molecule has 0 radical (unpaired) electrons. The van der Waals surface area contributed by atoms with Gasteiger partial charge in [0.25, 0.3) is 5.91 Å². The predicted octanol–water partition coefficient (Wildman–Crippen LogP) is 4.20. The molecule has 0 saturated carbocycles. The van der Waals surface area contributed by atoms with Gasteiger partial charge < -0.3 is 9.88 Å². The first kappa shape index (κ1) is 19.6. The average Bonchev–Trinajstić information content (AvgIpc) is 3.37. The van der Waals surface area contributed by atoms with E-state index in [2.05, 4.69) is 25.0 Å². The van der Waals surface area contributed by atoms with Crippen molar-refractivity contribution in [1.82, 2.24) is 24.3 Å². The molecule has 0 aliphatic carbocycles. The third-order valence-electron chi connectivity index (χ3n) is 4.95. The van der Waals surface area contributed by atoms with Crippen molar-refractivity contribution in [2.75, 3.05) is 5.32 Å². The Morgan fingerprint density at radius 2 is 1.87 bits per heavy atom. The summed E-state index contributed by atoms with van der Waals surface area (Å²) in [7, 11) is 0. The second-order valence-electron chi connectivity index (χ2n) is 7.45. The van der Waals surface area contributed by atoms with Crippen molar-refractivity contribution in [2.24, 2.45) is 0 Å². The lowest BCUT2D eigenvalue weighted by molar-refractivity contribution is 0.102. The van der Waals surface area contributed by atoms with Crippen molar-refractivity contribution in [3.05, 3.63) is 89.9 Å². The Bertz CT molecular complexity index is 1140. The van der Waals surface area contributed by atoms with E-state index in [1.54, 1.807) is 23.3 Å². The van der Waals surface area contributed by atoms with Gasteiger partial charge in [-0.25, -0.2) is 14.6 Å². The smallest absolute Gasteiger partial charge is 0.259 e. The first-order valence-corrected chi connectivity index (χ1v) is 9.90. The molecular weight excluding hydrogens is 376 g/mol. The highest BCUT2D eigenvalue weighted by Gasteiger charge is 2.21. The molecule has 0 bridgehead atoms. The molecule has 4 rings (SSSR count). The molecule has 0 atom stereocenters. The minimum atomic E-state index is -0.181. The highest BCUT2D eigenvalue weighted by Crippen LogP contribution is 2.23. The maximum atomic E-state index is 13.0. The molecule has 1 N–H and O–H groups in total. The molecule has 0 spiro atoms. The van der Waals surface area contributed by atoms with Crippen molar-refractivity contribution in [3.8, 4) is 5.82 Å². The number of hydrogen-bond acceptors (Lipinski definition) is 4. The van der Waals surface area contributed by atoms with Gasteiger partial charge in [0.1, 0.15) is 5.82 Å². The van der Waals surface area contributed by atoms with Crippen LogP contribution in [-0.4, -0.2) is 30.2 Å². The lowest BCUT2D eigenvalue weighted by atomic mass is 10.1. The number of pyridine rings is 1. The van der Waals surface area contributed by atoms with E-state index in [1.165, 1.54) is 0 Å². The minimum Gasteiger partial charge on any atom is -0.331 e. The number of carbonyl (C=O) groups is 1. The largest absolute Gasteiger partial charge is 0.331 e. The van der Waals surface area contributed by atoms with Crippen molar-refractivity contribution in [3.63, 3.8) is 0 Å². The van der Waals surface area contributed by atoms with Crippen molar-refractivity contribution in [2.45, 2.75) is 33.2 Å². The van der Waals surface area contributed by atoms with Crippen molar-refractivity contribution < 1.29 is 4.79 Å². The van der Waals surface area contributed by atoms with Crippen molar-refractivity contribution in [1.29, 1.82) is 0 Å². The van der Waals surface area contributed by atoms with Gasteiger partial charge in [0, 0.05) is 30.8 Å². The van der Waals surface area contributed by atoms with Gasteiger partial charge in [0.15, 0.2) is 5.82 Å². The Balaban J connectivity index is 1.53. The zero-order chi connectivity index (χ0) is 21.1. The molecule has 1 amide bonds.